The van der Waals surface area contributed by atoms with Crippen molar-refractivity contribution in [3.05, 3.63) is 47.8 Å². The maximum Gasteiger partial charge on any atom is 0.410 e. The lowest BCUT2D eigenvalue weighted by Crippen LogP contribution is -2.43. The van der Waals surface area contributed by atoms with Crippen LogP contribution in [-0.4, -0.2) is 53.2 Å². The lowest BCUT2D eigenvalue weighted by atomic mass is 9.96. The van der Waals surface area contributed by atoms with Crippen LogP contribution in [0.2, 0.25) is 0 Å². The van der Waals surface area contributed by atoms with E-state index >= 15 is 0 Å². The smallest absolute Gasteiger partial charge is 0.410 e. The number of nitrogens with one attached hydrogen (secondary N) is 1. The summed E-state index contributed by atoms with van der Waals surface area (Å²) in [4.78, 5) is 24.5. The van der Waals surface area contributed by atoms with Gasteiger partial charge in [0.15, 0.2) is 0 Å². The molecule has 0 saturated carbocycles. The van der Waals surface area contributed by atoms with Gasteiger partial charge in [-0.2, -0.15) is 0 Å². The number of carbonyl (C=O) groups is 1. The molecule has 1 saturated heterocycles. The van der Waals surface area contributed by atoms with E-state index in [4.69, 9.17) is 4.74 Å². The van der Waals surface area contributed by atoms with Gasteiger partial charge in [0.2, 0.25) is 0 Å². The second-order valence-corrected chi connectivity index (χ2v) is 9.14. The van der Waals surface area contributed by atoms with Gasteiger partial charge in [0.1, 0.15) is 35.2 Å². The predicted octanol–water partition coefficient (Wildman–Crippen LogP) is 4.45. The highest BCUT2D eigenvalue weighted by Gasteiger charge is 2.27. The Kier molecular flexibility index (Phi) is 7.48. The van der Waals surface area contributed by atoms with Crippen LogP contribution in [0, 0.1) is 17.6 Å². The summed E-state index contributed by atoms with van der Waals surface area (Å²) in [5.74, 6) is 0.737. The van der Waals surface area contributed by atoms with E-state index in [0.29, 0.717) is 24.8 Å². The molecule has 1 aliphatic rings. The molecule has 9 heteroatoms. The van der Waals surface area contributed by atoms with Crippen LogP contribution < -0.4 is 10.2 Å². The Morgan fingerprint density at radius 2 is 1.94 bits per heavy atom. The minimum atomic E-state index is -0.493. The van der Waals surface area contributed by atoms with E-state index in [2.05, 4.69) is 15.3 Å². The molecule has 2 heterocycles. The lowest BCUT2D eigenvalue weighted by Gasteiger charge is -2.35. The predicted molar refractivity (Wildman–Crippen MR) is 120 cm³/mol. The highest BCUT2D eigenvalue weighted by atomic mass is 19.1. The third kappa shape index (κ3) is 6.77. The number of nitrogens with zero attached hydrogens (tertiary/aromatic N) is 4. The first-order valence-corrected chi connectivity index (χ1v) is 10.8. The number of amides is 1. The molecule has 0 spiro atoms. The van der Waals surface area contributed by atoms with Crippen molar-refractivity contribution in [2.45, 2.75) is 45.8 Å². The summed E-state index contributed by atoms with van der Waals surface area (Å²) in [5, 5.41) is 3.02. The third-order valence-electron chi connectivity index (χ3n) is 5.31. The van der Waals surface area contributed by atoms with Crippen LogP contribution in [0.4, 0.5) is 25.2 Å². The number of hydrogen-bond donors (Lipinski definition) is 1. The van der Waals surface area contributed by atoms with Gasteiger partial charge in [-0.1, -0.05) is 0 Å². The number of hydrogen-bond acceptors (Lipinski definition) is 6. The minimum absolute atomic E-state index is 0.118. The fourth-order valence-electron chi connectivity index (χ4n) is 3.62. The molecule has 0 atom stereocenters. The molecule has 0 radical (unpaired) electrons. The summed E-state index contributed by atoms with van der Waals surface area (Å²) < 4.78 is 32.6. The lowest BCUT2D eigenvalue weighted by molar-refractivity contribution is 0.0186. The van der Waals surface area contributed by atoms with E-state index in [1.807, 2.05) is 32.7 Å². The molecule has 174 valence electrons. The molecule has 0 bridgehead atoms. The first-order valence-electron chi connectivity index (χ1n) is 10.8. The second kappa shape index (κ2) is 10.1. The molecule has 1 amide bonds. The highest BCUT2D eigenvalue weighted by Crippen LogP contribution is 2.23. The Hall–Kier alpha value is -2.97. The molecule has 1 N–H and O–H groups in total. The van der Waals surface area contributed by atoms with Gasteiger partial charge in [-0.05, 0) is 57.7 Å². The number of anilines is 2. The standard InChI is InChI=1S/C23H31F2N5O2/c1-23(2,3)32-22(31)30-9-7-16(8-10-30)14-29(4)21-12-20(27-15-28-21)26-13-17-11-18(24)5-6-19(17)25/h5-6,11-12,15-16H,7-10,13-14H2,1-4H3,(H,26,27,28). The molecule has 3 rings (SSSR count). The topological polar surface area (TPSA) is 70.6 Å². The summed E-state index contributed by atoms with van der Waals surface area (Å²) in [5.41, 5.74) is -0.261. The van der Waals surface area contributed by atoms with E-state index in [-0.39, 0.29) is 18.2 Å². The van der Waals surface area contributed by atoms with Crippen molar-refractivity contribution in [3.63, 3.8) is 0 Å². The number of ether oxygens (including phenoxy) is 1. The molecule has 0 unspecified atom stereocenters. The summed E-state index contributed by atoms with van der Waals surface area (Å²) in [7, 11) is 1.96. The van der Waals surface area contributed by atoms with Crippen molar-refractivity contribution in [3.8, 4) is 0 Å². The van der Waals surface area contributed by atoms with Gasteiger partial charge < -0.3 is 19.9 Å². The Labute approximate surface area is 187 Å². The fourth-order valence-corrected chi connectivity index (χ4v) is 3.62. The molecule has 1 fully saturated rings. The van der Waals surface area contributed by atoms with Gasteiger partial charge in [-0.25, -0.2) is 23.5 Å². The monoisotopic (exact) mass is 447 g/mol. The normalized spacial score (nSPS) is 14.9. The Morgan fingerprint density at radius 1 is 1.22 bits per heavy atom. The zero-order valence-corrected chi connectivity index (χ0v) is 19.1. The Balaban J connectivity index is 1.51. The molecular weight excluding hydrogens is 416 g/mol. The Morgan fingerprint density at radius 3 is 2.62 bits per heavy atom. The molecular formula is C23H31F2N5O2. The van der Waals surface area contributed by atoms with E-state index in [1.54, 1.807) is 11.0 Å². The summed E-state index contributed by atoms with van der Waals surface area (Å²) in [6.07, 6.45) is 2.96. The molecule has 2 aromatic rings. The highest BCUT2D eigenvalue weighted by molar-refractivity contribution is 5.68. The fraction of sp³-hybridized carbons (Fsp3) is 0.522. The van der Waals surface area contributed by atoms with Crippen molar-refractivity contribution in [1.29, 1.82) is 0 Å². The zero-order valence-electron chi connectivity index (χ0n) is 19.1. The van der Waals surface area contributed by atoms with Gasteiger partial charge in [0.05, 0.1) is 0 Å². The van der Waals surface area contributed by atoms with Crippen molar-refractivity contribution in [1.82, 2.24) is 14.9 Å². The van der Waals surface area contributed by atoms with E-state index in [0.717, 1.165) is 37.3 Å². The van der Waals surface area contributed by atoms with E-state index < -0.39 is 17.2 Å². The van der Waals surface area contributed by atoms with Crippen LogP contribution in [0.5, 0.6) is 0 Å². The first-order chi connectivity index (χ1) is 15.1. The van der Waals surface area contributed by atoms with Crippen LogP contribution >= 0.6 is 0 Å². The van der Waals surface area contributed by atoms with Crippen molar-refractivity contribution < 1.29 is 18.3 Å². The van der Waals surface area contributed by atoms with Crippen molar-refractivity contribution >= 4 is 17.7 Å². The van der Waals surface area contributed by atoms with Crippen LogP contribution in [-0.2, 0) is 11.3 Å². The number of piperidine rings is 1. The number of halogens is 2. The second-order valence-electron chi connectivity index (χ2n) is 9.14. The van der Waals surface area contributed by atoms with Crippen LogP contribution in [0.3, 0.4) is 0 Å². The van der Waals surface area contributed by atoms with E-state index in [1.165, 1.54) is 12.4 Å². The van der Waals surface area contributed by atoms with E-state index in [9.17, 15) is 13.6 Å². The largest absolute Gasteiger partial charge is 0.444 e. The number of likely N-dealkylation sites (tertiary alicyclic amines) is 1. The average Bonchev–Trinajstić information content (AvgIpc) is 2.74. The van der Waals surface area contributed by atoms with Gasteiger partial charge in [-0.15, -0.1) is 0 Å². The van der Waals surface area contributed by atoms with Gasteiger partial charge in [0, 0.05) is 44.9 Å². The van der Waals surface area contributed by atoms with Gasteiger partial charge in [-0.3, -0.25) is 0 Å². The van der Waals surface area contributed by atoms with Crippen molar-refractivity contribution in [2.24, 2.45) is 5.92 Å². The number of aromatic nitrogens is 2. The molecule has 7 nitrogen and oxygen atoms in total. The molecule has 1 aliphatic heterocycles. The zero-order chi connectivity index (χ0) is 23.3. The maximum absolute atomic E-state index is 13.8. The summed E-state index contributed by atoms with van der Waals surface area (Å²) in [6.45, 7) is 7.85. The molecule has 1 aromatic heterocycles. The maximum atomic E-state index is 13.8. The minimum Gasteiger partial charge on any atom is -0.444 e. The number of rotatable bonds is 6. The van der Waals surface area contributed by atoms with Crippen LogP contribution in [0.25, 0.3) is 0 Å². The average molecular weight is 448 g/mol. The van der Waals surface area contributed by atoms with Gasteiger partial charge >= 0.3 is 6.09 Å². The Bertz CT molecular complexity index is 927. The third-order valence-corrected chi connectivity index (χ3v) is 5.31. The molecule has 1 aromatic carbocycles. The molecule has 0 aliphatic carbocycles. The summed E-state index contributed by atoms with van der Waals surface area (Å²) >= 11 is 0. The number of benzene rings is 1. The number of carbonyl (C=O) groups excluding carboxylic acids is 1. The van der Waals surface area contributed by atoms with Crippen LogP contribution in [0.1, 0.15) is 39.2 Å². The van der Waals surface area contributed by atoms with Crippen molar-refractivity contribution in [2.75, 3.05) is 36.9 Å². The first kappa shape index (κ1) is 23.7. The quantitative estimate of drug-likeness (QED) is 0.706. The van der Waals surface area contributed by atoms with Gasteiger partial charge in [0.25, 0.3) is 0 Å². The SMILES string of the molecule is CN(CC1CCN(C(=O)OC(C)(C)C)CC1)c1cc(NCc2cc(F)ccc2F)ncn1. The molecule has 32 heavy (non-hydrogen) atoms. The summed E-state index contributed by atoms with van der Waals surface area (Å²) in [6, 6.07) is 5.15. The van der Waals surface area contributed by atoms with Crippen LogP contribution in [0.15, 0.2) is 30.6 Å².